The molecule has 1 aliphatic rings. The summed E-state index contributed by atoms with van der Waals surface area (Å²) in [6.07, 6.45) is 28.3. The fourth-order valence-corrected chi connectivity index (χ4v) is 10.2. The molecular formula is C48H87N3O15P2-2. The largest absolute Gasteiger partial charge is 0.756 e. The first-order chi connectivity index (χ1) is 32.7. The van der Waals surface area contributed by atoms with E-state index in [9.17, 15) is 43.5 Å². The zero-order valence-corrected chi connectivity index (χ0v) is 43.1. The first-order valence-electron chi connectivity index (χ1n) is 26.0. The molecule has 18 nitrogen and oxygen atoms in total. The normalized spacial score (nSPS) is 19.4. The van der Waals surface area contributed by atoms with Gasteiger partial charge in [-0.25, -0.2) is 9.11 Å². The lowest BCUT2D eigenvalue weighted by Crippen LogP contribution is -2.36. The molecule has 0 radical (unpaired) electrons. The maximum absolute atomic E-state index is 12.8. The van der Waals surface area contributed by atoms with E-state index in [1.54, 1.807) is 0 Å². The zero-order chi connectivity index (χ0) is 49.9. The van der Waals surface area contributed by atoms with E-state index in [1.165, 1.54) is 134 Å². The van der Waals surface area contributed by atoms with E-state index in [1.807, 2.05) is 0 Å². The third-order valence-corrected chi connectivity index (χ3v) is 14.7. The average Bonchev–Trinajstić information content (AvgIpc) is 3.57. The van der Waals surface area contributed by atoms with Gasteiger partial charge in [-0.2, -0.15) is 4.98 Å². The highest BCUT2D eigenvalue weighted by Crippen LogP contribution is 2.56. The fraction of sp³-hybridized carbons (Fsp3) is 0.875. The van der Waals surface area contributed by atoms with Crippen LogP contribution in [0.1, 0.15) is 226 Å². The number of anilines is 1. The van der Waals surface area contributed by atoms with Gasteiger partial charge in [0.25, 0.3) is 15.6 Å². The van der Waals surface area contributed by atoms with Gasteiger partial charge < -0.3 is 49.0 Å². The standard InChI is InChI=1S/C48H89N3O15P2/c1-3-5-7-9-11-13-15-17-19-21-23-25-27-29-31-33-43(52)61-37-40(64-44(53)34-32-30-28-26-24-22-20-18-16-14-12-10-8-6-4-2)38-62-67(57,58)66-68(59,60)63-39-41-45(54)46(55)47(65-41)51-36-35-42(49)50-48(51)56/h35-36,40-41,45-47,54-55H,3-34,37-39H2,1-2H3,(H,57,58)(H,59,60)(H2,49,50,56)/p-2/t40-,41-,45-,46-,47-/m1/s1. The summed E-state index contributed by atoms with van der Waals surface area (Å²) in [7, 11) is -11.4. The molecule has 0 amide bonds. The van der Waals surface area contributed by atoms with Crippen LogP contribution in [0.5, 0.6) is 0 Å². The lowest BCUT2D eigenvalue weighted by molar-refractivity contribution is -0.246. The molecule has 396 valence electrons. The van der Waals surface area contributed by atoms with E-state index >= 15 is 0 Å². The molecular weight excluding hydrogens is 920 g/mol. The molecule has 2 heterocycles. The van der Waals surface area contributed by atoms with E-state index in [0.29, 0.717) is 12.8 Å². The van der Waals surface area contributed by atoms with E-state index in [4.69, 9.17) is 24.5 Å². The number of aromatic nitrogens is 2. The van der Waals surface area contributed by atoms with Crippen LogP contribution < -0.4 is 21.2 Å². The number of aliphatic hydroxyl groups excluding tert-OH is 2. The molecule has 1 aromatic heterocycles. The Bertz CT molecular complexity index is 1640. The molecule has 1 aromatic rings. The van der Waals surface area contributed by atoms with E-state index in [2.05, 4.69) is 27.7 Å². The number of hydrogen-bond donors (Lipinski definition) is 3. The van der Waals surface area contributed by atoms with Crippen LogP contribution in [0.15, 0.2) is 17.1 Å². The third kappa shape index (κ3) is 29.8. The predicted molar refractivity (Wildman–Crippen MR) is 257 cm³/mol. The fourth-order valence-electron chi connectivity index (χ4n) is 8.13. The van der Waals surface area contributed by atoms with Gasteiger partial charge in [0.1, 0.15) is 30.7 Å². The van der Waals surface area contributed by atoms with Crippen LogP contribution in [0.4, 0.5) is 5.82 Å². The lowest BCUT2D eigenvalue weighted by atomic mass is 10.0. The number of nitrogens with zero attached hydrogens (tertiary/aromatic N) is 2. The number of unbranched alkanes of at least 4 members (excludes halogenated alkanes) is 28. The molecule has 20 heteroatoms. The molecule has 7 atom stereocenters. The number of nitrogens with two attached hydrogens (primary N) is 1. The zero-order valence-electron chi connectivity index (χ0n) is 41.4. The van der Waals surface area contributed by atoms with Gasteiger partial charge in [0.2, 0.25) is 0 Å². The Balaban J connectivity index is 1.78. The van der Waals surface area contributed by atoms with Crippen molar-refractivity contribution >= 4 is 33.4 Å². The van der Waals surface area contributed by atoms with Crippen LogP contribution in [-0.2, 0) is 46.3 Å². The van der Waals surface area contributed by atoms with Gasteiger partial charge >= 0.3 is 17.6 Å². The van der Waals surface area contributed by atoms with Gasteiger partial charge in [-0.15, -0.1) is 0 Å². The quantitative estimate of drug-likeness (QED) is 0.0312. The minimum absolute atomic E-state index is 0.0328. The van der Waals surface area contributed by atoms with Crippen LogP contribution >= 0.6 is 15.6 Å². The number of phosphoric acid groups is 2. The molecule has 2 rings (SSSR count). The molecule has 0 spiro atoms. The van der Waals surface area contributed by atoms with E-state index in [-0.39, 0.29) is 18.7 Å². The summed E-state index contributed by atoms with van der Waals surface area (Å²) in [5, 5.41) is 20.8. The van der Waals surface area contributed by atoms with Gasteiger partial charge in [0.15, 0.2) is 12.3 Å². The number of rotatable bonds is 44. The van der Waals surface area contributed by atoms with Crippen molar-refractivity contribution in [3.05, 3.63) is 22.7 Å². The molecule has 0 bridgehead atoms. The molecule has 68 heavy (non-hydrogen) atoms. The second-order valence-electron chi connectivity index (χ2n) is 18.4. The van der Waals surface area contributed by atoms with Crippen LogP contribution in [0.25, 0.3) is 0 Å². The van der Waals surface area contributed by atoms with Gasteiger partial charge in [-0.1, -0.05) is 194 Å². The Kier molecular flexibility index (Phi) is 34.1. The van der Waals surface area contributed by atoms with Gasteiger partial charge in [-0.05, 0) is 18.9 Å². The summed E-state index contributed by atoms with van der Waals surface area (Å²) in [5.74, 6) is -1.35. The molecule has 1 saturated heterocycles. The van der Waals surface area contributed by atoms with Crippen molar-refractivity contribution in [1.82, 2.24) is 9.55 Å². The second kappa shape index (κ2) is 37.5. The highest BCUT2D eigenvalue weighted by atomic mass is 31.3. The first-order valence-corrected chi connectivity index (χ1v) is 28.9. The topological polar surface area (TPSA) is 271 Å². The summed E-state index contributed by atoms with van der Waals surface area (Å²) >= 11 is 0. The molecule has 2 unspecified atom stereocenters. The number of nitrogen functional groups attached to an aromatic ring is 1. The maximum Gasteiger partial charge on any atom is 0.351 e. The van der Waals surface area contributed by atoms with Crippen molar-refractivity contribution in [2.45, 2.75) is 250 Å². The van der Waals surface area contributed by atoms with Gasteiger partial charge in [-0.3, -0.25) is 23.3 Å². The number of phosphoric ester groups is 2. The van der Waals surface area contributed by atoms with Crippen LogP contribution in [0.2, 0.25) is 0 Å². The number of aliphatic hydroxyl groups is 2. The number of esters is 2. The molecule has 0 saturated carbocycles. The Morgan fingerprint density at radius 3 is 1.51 bits per heavy atom. The average molecular weight is 1010 g/mol. The Hall–Kier alpha value is -2.24. The number of carbonyl (C=O) groups excluding carboxylic acids is 2. The Morgan fingerprint density at radius 1 is 0.662 bits per heavy atom. The van der Waals surface area contributed by atoms with Crippen molar-refractivity contribution in [1.29, 1.82) is 0 Å². The van der Waals surface area contributed by atoms with E-state index in [0.717, 1.165) is 62.1 Å². The van der Waals surface area contributed by atoms with Crippen LogP contribution in [0.3, 0.4) is 0 Å². The van der Waals surface area contributed by atoms with Crippen molar-refractivity contribution in [2.24, 2.45) is 0 Å². The van der Waals surface area contributed by atoms with Crippen LogP contribution in [-0.4, -0.2) is 75.9 Å². The smallest absolute Gasteiger partial charge is 0.351 e. The summed E-state index contributed by atoms with van der Waals surface area (Å²) in [6.45, 7) is 1.96. The second-order valence-corrected chi connectivity index (χ2v) is 21.3. The summed E-state index contributed by atoms with van der Waals surface area (Å²) in [5.41, 5.74) is 4.56. The highest BCUT2D eigenvalue weighted by Gasteiger charge is 2.45. The van der Waals surface area contributed by atoms with Crippen molar-refractivity contribution < 1.29 is 66.3 Å². The highest BCUT2D eigenvalue weighted by molar-refractivity contribution is 7.59. The van der Waals surface area contributed by atoms with Crippen LogP contribution in [0, 0.1) is 0 Å². The lowest BCUT2D eigenvalue weighted by Gasteiger charge is -2.32. The predicted octanol–water partition coefficient (Wildman–Crippen LogP) is 9.41. The Labute approximate surface area is 406 Å². The molecule has 1 aliphatic heterocycles. The Morgan fingerprint density at radius 2 is 1.07 bits per heavy atom. The minimum Gasteiger partial charge on any atom is -0.756 e. The maximum atomic E-state index is 12.8. The summed E-state index contributed by atoms with van der Waals surface area (Å²) in [4.78, 5) is 66.5. The molecule has 4 N–H and O–H groups in total. The van der Waals surface area contributed by atoms with Crippen molar-refractivity contribution in [3.8, 4) is 0 Å². The van der Waals surface area contributed by atoms with Gasteiger partial charge in [0, 0.05) is 19.0 Å². The molecule has 1 fully saturated rings. The monoisotopic (exact) mass is 1010 g/mol. The molecule has 0 aliphatic carbocycles. The SMILES string of the molecule is CCCCCCCCCCCCCCCCCC(=O)OC[C@H](COP(=O)([O-])OP(=O)([O-])OC[C@H]1O[C@@H](n2ccc(N)nc2=O)[C@H](O)[C@@H]1O)OC(=O)CCCCCCCCCCCCCCCCC. The summed E-state index contributed by atoms with van der Waals surface area (Å²) < 4.78 is 55.9. The molecule has 0 aromatic carbocycles. The van der Waals surface area contributed by atoms with E-state index < -0.39 is 83.7 Å². The number of hydrogen-bond acceptors (Lipinski definition) is 17. The van der Waals surface area contributed by atoms with Crippen molar-refractivity contribution in [3.63, 3.8) is 0 Å². The number of carbonyl (C=O) groups is 2. The third-order valence-electron chi connectivity index (χ3n) is 12.2. The minimum atomic E-state index is -5.73. The number of ether oxygens (including phenoxy) is 3. The first kappa shape index (κ1) is 61.9. The van der Waals surface area contributed by atoms with Crippen molar-refractivity contribution in [2.75, 3.05) is 25.6 Å². The summed E-state index contributed by atoms with van der Waals surface area (Å²) in [6, 6.07) is 1.23. The van der Waals surface area contributed by atoms with Gasteiger partial charge in [0.05, 0.1) is 13.2 Å².